The van der Waals surface area contributed by atoms with Crippen LogP contribution in [0.15, 0.2) is 6.20 Å². The lowest BCUT2D eigenvalue weighted by atomic mass is 10.1. The van der Waals surface area contributed by atoms with E-state index in [2.05, 4.69) is 29.1 Å². The number of nitrogens with one attached hydrogen (secondary N) is 1. The summed E-state index contributed by atoms with van der Waals surface area (Å²) in [5.74, 6) is 0.941. The minimum Gasteiger partial charge on any atom is -0.380 e. The van der Waals surface area contributed by atoms with Gasteiger partial charge in [0, 0.05) is 6.61 Å². The van der Waals surface area contributed by atoms with Crippen LogP contribution < -0.4 is 5.32 Å². The van der Waals surface area contributed by atoms with Gasteiger partial charge in [-0.15, -0.1) is 0 Å². The fourth-order valence-corrected chi connectivity index (χ4v) is 1.55. The van der Waals surface area contributed by atoms with Crippen molar-refractivity contribution in [3.63, 3.8) is 0 Å². The monoisotopic (exact) mass is 277 g/mol. The summed E-state index contributed by atoms with van der Waals surface area (Å²) in [6.07, 6.45) is 1.48. The second-order valence-corrected chi connectivity index (χ2v) is 4.74. The molecule has 1 rings (SSSR count). The van der Waals surface area contributed by atoms with Gasteiger partial charge < -0.3 is 10.1 Å². The molecular weight excluding hydrogens is 261 g/mol. The number of aromatic nitrogens is 2. The van der Waals surface area contributed by atoms with E-state index in [9.17, 15) is 0 Å². The molecule has 0 aliphatic carbocycles. The zero-order valence-corrected chi connectivity index (χ0v) is 11.7. The zero-order valence-electron chi connectivity index (χ0n) is 10.2. The average molecular weight is 278 g/mol. The van der Waals surface area contributed by atoms with Gasteiger partial charge in [0.05, 0.1) is 18.8 Å². The molecule has 0 aliphatic rings. The number of hydrogen-bond donors (Lipinski definition) is 1. The van der Waals surface area contributed by atoms with E-state index in [1.54, 1.807) is 0 Å². The summed E-state index contributed by atoms with van der Waals surface area (Å²) in [6.45, 7) is 7.46. The second-order valence-electron chi connectivity index (χ2n) is 3.99. The summed E-state index contributed by atoms with van der Waals surface area (Å²) < 4.78 is 5.42. The van der Waals surface area contributed by atoms with Crippen molar-refractivity contribution in [3.05, 3.63) is 16.5 Å². The topological polar surface area (TPSA) is 47.0 Å². The molecule has 1 N–H and O–H groups in total. The summed E-state index contributed by atoms with van der Waals surface area (Å²) in [5.41, 5.74) is 0. The Hall–Kier alpha value is -0.580. The molecule has 0 saturated heterocycles. The Labute approximate surface area is 112 Å². The van der Waals surface area contributed by atoms with Crippen LogP contribution in [0.2, 0.25) is 10.3 Å². The minimum absolute atomic E-state index is 0.137. The zero-order chi connectivity index (χ0) is 12.8. The molecule has 96 valence electrons. The number of ether oxygens (including phenoxy) is 1. The van der Waals surface area contributed by atoms with Crippen molar-refractivity contribution < 1.29 is 4.74 Å². The van der Waals surface area contributed by atoms with E-state index >= 15 is 0 Å². The van der Waals surface area contributed by atoms with E-state index in [0.717, 1.165) is 0 Å². The predicted molar refractivity (Wildman–Crippen MR) is 70.8 cm³/mol. The maximum Gasteiger partial charge on any atom is 0.224 e. The van der Waals surface area contributed by atoms with Crippen molar-refractivity contribution in [2.45, 2.75) is 26.8 Å². The van der Waals surface area contributed by atoms with Crippen molar-refractivity contribution in [3.8, 4) is 0 Å². The molecule has 1 aromatic rings. The molecule has 0 aromatic carbocycles. The molecule has 6 heteroatoms. The van der Waals surface area contributed by atoms with Gasteiger partial charge in [0.1, 0.15) is 10.8 Å². The van der Waals surface area contributed by atoms with Gasteiger partial charge >= 0.3 is 0 Å². The third kappa shape index (κ3) is 4.66. The number of rotatable bonds is 6. The molecule has 1 heterocycles. The van der Waals surface area contributed by atoms with Gasteiger partial charge in [-0.3, -0.25) is 0 Å². The molecule has 0 bridgehead atoms. The van der Waals surface area contributed by atoms with E-state index < -0.39 is 0 Å². The fourth-order valence-electron chi connectivity index (χ4n) is 1.27. The Morgan fingerprint density at radius 3 is 2.71 bits per heavy atom. The summed E-state index contributed by atoms with van der Waals surface area (Å²) in [5, 5.41) is 3.86. The van der Waals surface area contributed by atoms with Crippen molar-refractivity contribution in [1.82, 2.24) is 9.97 Å². The second kappa shape index (κ2) is 6.99. The van der Waals surface area contributed by atoms with E-state index in [1.807, 2.05) is 6.92 Å². The Morgan fingerprint density at radius 1 is 1.41 bits per heavy atom. The molecule has 17 heavy (non-hydrogen) atoms. The maximum atomic E-state index is 5.99. The lowest BCUT2D eigenvalue weighted by Gasteiger charge is -2.23. The molecule has 0 aliphatic heterocycles. The number of hydrogen-bond acceptors (Lipinski definition) is 4. The average Bonchev–Trinajstić information content (AvgIpc) is 2.28. The molecule has 1 aromatic heterocycles. The molecule has 4 nitrogen and oxygen atoms in total. The van der Waals surface area contributed by atoms with Crippen molar-refractivity contribution >= 4 is 29.0 Å². The summed E-state index contributed by atoms with van der Waals surface area (Å²) in [4.78, 5) is 7.86. The van der Waals surface area contributed by atoms with E-state index in [0.29, 0.717) is 30.0 Å². The number of nitrogens with zero attached hydrogens (tertiary/aromatic N) is 2. The highest BCUT2D eigenvalue weighted by molar-refractivity contribution is 6.33. The van der Waals surface area contributed by atoms with Crippen LogP contribution >= 0.6 is 23.2 Å². The minimum atomic E-state index is 0.137. The van der Waals surface area contributed by atoms with Crippen LogP contribution in [-0.2, 0) is 4.74 Å². The highest BCUT2D eigenvalue weighted by Crippen LogP contribution is 2.21. The first-order valence-electron chi connectivity index (χ1n) is 5.57. The van der Waals surface area contributed by atoms with Gasteiger partial charge in [0.15, 0.2) is 0 Å². The number of anilines is 1. The quantitative estimate of drug-likeness (QED) is 0.811. The standard InChI is InChI=1S/C11H17Cl2N3O/c1-4-17-6-9(7(2)3)15-10-8(12)5-14-11(13)16-10/h5,7,9H,4,6H2,1-3H3,(H,14,15,16). The summed E-state index contributed by atoms with van der Waals surface area (Å²) >= 11 is 11.7. The molecule has 0 saturated carbocycles. The maximum absolute atomic E-state index is 5.99. The van der Waals surface area contributed by atoms with Gasteiger partial charge in [0.25, 0.3) is 0 Å². The van der Waals surface area contributed by atoms with Gasteiger partial charge in [-0.25, -0.2) is 4.98 Å². The van der Waals surface area contributed by atoms with Crippen molar-refractivity contribution in [2.75, 3.05) is 18.5 Å². The first kappa shape index (κ1) is 14.5. The first-order valence-corrected chi connectivity index (χ1v) is 6.32. The molecule has 1 atom stereocenters. The highest BCUT2D eigenvalue weighted by atomic mass is 35.5. The molecule has 0 radical (unpaired) electrons. The highest BCUT2D eigenvalue weighted by Gasteiger charge is 2.16. The lowest BCUT2D eigenvalue weighted by Crippen LogP contribution is -2.31. The Kier molecular flexibility index (Phi) is 5.95. The van der Waals surface area contributed by atoms with Gasteiger partial charge in [-0.05, 0) is 24.4 Å². The lowest BCUT2D eigenvalue weighted by molar-refractivity contribution is 0.126. The Bertz CT molecular complexity index is 361. The van der Waals surface area contributed by atoms with E-state index in [1.165, 1.54) is 6.20 Å². The van der Waals surface area contributed by atoms with Crippen LogP contribution in [0.5, 0.6) is 0 Å². The molecule has 0 amide bonds. The summed E-state index contributed by atoms with van der Waals surface area (Å²) in [7, 11) is 0. The first-order chi connectivity index (χ1) is 8.04. The van der Waals surface area contributed by atoms with Gasteiger partial charge in [0.2, 0.25) is 5.28 Å². The third-order valence-electron chi connectivity index (χ3n) is 2.34. The van der Waals surface area contributed by atoms with Crippen LogP contribution in [0.4, 0.5) is 5.82 Å². The van der Waals surface area contributed by atoms with Crippen molar-refractivity contribution in [1.29, 1.82) is 0 Å². The SMILES string of the molecule is CCOCC(Nc1nc(Cl)ncc1Cl)C(C)C. The van der Waals surface area contributed by atoms with Crippen LogP contribution in [-0.4, -0.2) is 29.2 Å². The van der Waals surface area contributed by atoms with Crippen LogP contribution in [0.1, 0.15) is 20.8 Å². The molecule has 0 spiro atoms. The van der Waals surface area contributed by atoms with E-state index in [4.69, 9.17) is 27.9 Å². The Morgan fingerprint density at radius 2 is 2.12 bits per heavy atom. The van der Waals surface area contributed by atoms with Crippen LogP contribution in [0.3, 0.4) is 0 Å². The van der Waals surface area contributed by atoms with Gasteiger partial charge in [-0.2, -0.15) is 4.98 Å². The smallest absolute Gasteiger partial charge is 0.224 e. The molecular formula is C11H17Cl2N3O. The van der Waals surface area contributed by atoms with E-state index in [-0.39, 0.29) is 11.3 Å². The fraction of sp³-hybridized carbons (Fsp3) is 0.636. The van der Waals surface area contributed by atoms with Crippen molar-refractivity contribution in [2.24, 2.45) is 5.92 Å². The van der Waals surface area contributed by atoms with Crippen LogP contribution in [0, 0.1) is 5.92 Å². The summed E-state index contributed by atoms with van der Waals surface area (Å²) in [6, 6.07) is 0.137. The Balaban J connectivity index is 2.74. The number of halogens is 2. The molecule has 0 fully saturated rings. The van der Waals surface area contributed by atoms with Gasteiger partial charge in [-0.1, -0.05) is 25.4 Å². The molecule has 1 unspecified atom stereocenters. The predicted octanol–water partition coefficient (Wildman–Crippen LogP) is 3.26. The largest absolute Gasteiger partial charge is 0.380 e. The third-order valence-corrected chi connectivity index (χ3v) is 2.80. The normalized spacial score (nSPS) is 12.8. The van der Waals surface area contributed by atoms with Crippen LogP contribution in [0.25, 0.3) is 0 Å².